The molecule has 1 aromatic carbocycles. The summed E-state index contributed by atoms with van der Waals surface area (Å²) in [4.78, 5) is 39.8. The fourth-order valence-electron chi connectivity index (χ4n) is 3.63. The molecule has 3 aliphatic heterocycles. The van der Waals surface area contributed by atoms with E-state index in [0.717, 1.165) is 4.90 Å². The average molecular weight is 364 g/mol. The topological polar surface area (TPSA) is 101 Å². The van der Waals surface area contributed by atoms with Gasteiger partial charge in [0.05, 0.1) is 41.4 Å². The second-order valence-corrected chi connectivity index (χ2v) is 8.54. The van der Waals surface area contributed by atoms with Crippen molar-refractivity contribution < 1.29 is 27.5 Å². The van der Waals surface area contributed by atoms with Crippen LogP contribution in [0.25, 0.3) is 0 Å². The number of morpholine rings is 1. The summed E-state index contributed by atoms with van der Waals surface area (Å²) >= 11 is 0. The van der Waals surface area contributed by atoms with E-state index in [4.69, 9.17) is 4.74 Å². The average Bonchev–Trinajstić information content (AvgIpc) is 3.02. The van der Waals surface area contributed by atoms with Crippen LogP contribution in [0.3, 0.4) is 0 Å². The summed E-state index contributed by atoms with van der Waals surface area (Å²) in [5, 5.41) is 0. The lowest BCUT2D eigenvalue weighted by molar-refractivity contribution is -0.143. The van der Waals surface area contributed by atoms with Crippen molar-refractivity contribution in [1.29, 1.82) is 0 Å². The highest BCUT2D eigenvalue weighted by atomic mass is 32.2. The molecule has 9 heteroatoms. The Bertz CT molecular complexity index is 845. The first-order valence-corrected chi connectivity index (χ1v) is 9.76. The number of rotatable bonds is 2. The molecule has 2 saturated heterocycles. The van der Waals surface area contributed by atoms with Crippen molar-refractivity contribution in [1.82, 2.24) is 9.80 Å². The number of amides is 3. The third-order valence-corrected chi connectivity index (χ3v) is 6.51. The lowest BCUT2D eigenvalue weighted by Gasteiger charge is -2.37. The molecule has 3 amide bonds. The van der Waals surface area contributed by atoms with Crippen LogP contribution in [0.15, 0.2) is 24.3 Å². The standard InChI is InChI=1S/C16H16N2O6S/c19-14(17-5-6-24-13-9-25(22,23)8-12(13)17)7-18-15(20)10-3-1-2-4-11(10)16(18)21/h1-4,12-13H,5-9H2. The van der Waals surface area contributed by atoms with Crippen LogP contribution in [0, 0.1) is 0 Å². The van der Waals surface area contributed by atoms with Crippen LogP contribution in [-0.2, 0) is 19.4 Å². The zero-order chi connectivity index (χ0) is 17.8. The van der Waals surface area contributed by atoms with Crippen LogP contribution < -0.4 is 0 Å². The van der Waals surface area contributed by atoms with Gasteiger partial charge in [-0.05, 0) is 12.1 Å². The maximum Gasteiger partial charge on any atom is 0.262 e. The molecule has 3 heterocycles. The van der Waals surface area contributed by atoms with Gasteiger partial charge in [0.2, 0.25) is 5.91 Å². The van der Waals surface area contributed by atoms with Gasteiger partial charge in [-0.1, -0.05) is 12.1 Å². The summed E-state index contributed by atoms with van der Waals surface area (Å²) < 4.78 is 29.1. The molecule has 2 atom stereocenters. The highest BCUT2D eigenvalue weighted by molar-refractivity contribution is 7.91. The van der Waals surface area contributed by atoms with Gasteiger partial charge < -0.3 is 9.64 Å². The first kappa shape index (κ1) is 16.2. The Morgan fingerprint density at radius 1 is 1.12 bits per heavy atom. The van der Waals surface area contributed by atoms with Crippen molar-refractivity contribution in [3.63, 3.8) is 0 Å². The van der Waals surface area contributed by atoms with Crippen LogP contribution in [0.5, 0.6) is 0 Å². The zero-order valence-electron chi connectivity index (χ0n) is 13.3. The summed E-state index contributed by atoms with van der Waals surface area (Å²) in [6.45, 7) is 0.0961. The zero-order valence-corrected chi connectivity index (χ0v) is 14.1. The number of hydrogen-bond acceptors (Lipinski definition) is 6. The van der Waals surface area contributed by atoms with E-state index in [1.54, 1.807) is 24.3 Å². The number of carbonyl (C=O) groups is 3. The number of carbonyl (C=O) groups excluding carboxylic acids is 3. The molecule has 0 bridgehead atoms. The molecule has 132 valence electrons. The Morgan fingerprint density at radius 3 is 2.40 bits per heavy atom. The van der Waals surface area contributed by atoms with Gasteiger partial charge in [0.15, 0.2) is 9.84 Å². The number of benzene rings is 1. The number of nitrogens with zero attached hydrogens (tertiary/aromatic N) is 2. The minimum atomic E-state index is -3.25. The fourth-order valence-corrected chi connectivity index (χ4v) is 5.50. The van der Waals surface area contributed by atoms with Crippen LogP contribution in [0.2, 0.25) is 0 Å². The second kappa shape index (κ2) is 5.63. The molecule has 25 heavy (non-hydrogen) atoms. The predicted molar refractivity (Wildman–Crippen MR) is 85.7 cm³/mol. The van der Waals surface area contributed by atoms with Crippen molar-refractivity contribution in [2.45, 2.75) is 12.1 Å². The minimum absolute atomic E-state index is 0.103. The van der Waals surface area contributed by atoms with Gasteiger partial charge in [0.25, 0.3) is 11.8 Å². The van der Waals surface area contributed by atoms with Crippen molar-refractivity contribution in [2.75, 3.05) is 31.2 Å². The van der Waals surface area contributed by atoms with E-state index in [2.05, 4.69) is 0 Å². The second-order valence-electron chi connectivity index (χ2n) is 6.38. The molecule has 0 N–H and O–H groups in total. The maximum atomic E-state index is 12.7. The van der Waals surface area contributed by atoms with Gasteiger partial charge in [-0.2, -0.15) is 0 Å². The fraction of sp³-hybridized carbons (Fsp3) is 0.438. The third kappa shape index (κ3) is 2.63. The molecule has 0 spiro atoms. The van der Waals surface area contributed by atoms with E-state index in [9.17, 15) is 22.8 Å². The van der Waals surface area contributed by atoms with Gasteiger partial charge >= 0.3 is 0 Å². The van der Waals surface area contributed by atoms with Crippen LogP contribution >= 0.6 is 0 Å². The van der Waals surface area contributed by atoms with Crippen LogP contribution in [0.1, 0.15) is 20.7 Å². The molecule has 0 aliphatic carbocycles. The Hall–Kier alpha value is -2.26. The third-order valence-electron chi connectivity index (χ3n) is 4.83. The number of fused-ring (bicyclic) bond motifs is 2. The first-order chi connectivity index (χ1) is 11.9. The lowest BCUT2D eigenvalue weighted by atomic mass is 10.1. The van der Waals surface area contributed by atoms with Gasteiger partial charge in [0, 0.05) is 6.54 Å². The van der Waals surface area contributed by atoms with E-state index in [-0.39, 0.29) is 35.8 Å². The Morgan fingerprint density at radius 2 is 1.76 bits per heavy atom. The van der Waals surface area contributed by atoms with Crippen LogP contribution in [0.4, 0.5) is 0 Å². The van der Waals surface area contributed by atoms with Crippen molar-refractivity contribution >= 4 is 27.6 Å². The number of sulfone groups is 1. The Labute approximate surface area is 144 Å². The summed E-state index contributed by atoms with van der Waals surface area (Å²) in [5.74, 6) is -1.69. The number of ether oxygens (including phenoxy) is 1. The maximum absolute atomic E-state index is 12.7. The molecule has 3 aliphatic rings. The molecule has 1 aromatic rings. The Kier molecular flexibility index (Phi) is 3.66. The molecule has 0 aromatic heterocycles. The smallest absolute Gasteiger partial charge is 0.262 e. The quantitative estimate of drug-likeness (QED) is 0.644. The summed E-state index contributed by atoms with van der Waals surface area (Å²) in [6.07, 6.45) is -0.537. The molecule has 0 radical (unpaired) electrons. The first-order valence-electron chi connectivity index (χ1n) is 7.94. The van der Waals surface area contributed by atoms with E-state index < -0.39 is 46.2 Å². The predicted octanol–water partition coefficient (Wildman–Crippen LogP) is -0.693. The van der Waals surface area contributed by atoms with E-state index >= 15 is 0 Å². The highest BCUT2D eigenvalue weighted by Crippen LogP contribution is 2.26. The molecule has 8 nitrogen and oxygen atoms in total. The summed E-state index contributed by atoms with van der Waals surface area (Å²) in [6, 6.07) is 5.86. The van der Waals surface area contributed by atoms with Crippen molar-refractivity contribution in [2.24, 2.45) is 0 Å². The molecule has 2 unspecified atom stereocenters. The van der Waals surface area contributed by atoms with Crippen molar-refractivity contribution in [3.05, 3.63) is 35.4 Å². The molecule has 2 fully saturated rings. The molecular formula is C16H16N2O6S. The van der Waals surface area contributed by atoms with E-state index in [1.165, 1.54) is 4.90 Å². The van der Waals surface area contributed by atoms with E-state index in [1.807, 2.05) is 0 Å². The molecule has 0 saturated carbocycles. The van der Waals surface area contributed by atoms with Gasteiger partial charge in [-0.3, -0.25) is 19.3 Å². The van der Waals surface area contributed by atoms with Gasteiger partial charge in [0.1, 0.15) is 6.54 Å². The normalized spacial score (nSPS) is 27.4. The van der Waals surface area contributed by atoms with Crippen molar-refractivity contribution in [3.8, 4) is 0 Å². The SMILES string of the molecule is O=C1c2ccccc2C(=O)N1CC(=O)N1CCOC2CS(=O)(=O)CC21. The number of imide groups is 1. The highest BCUT2D eigenvalue weighted by Gasteiger charge is 2.46. The summed E-state index contributed by atoms with van der Waals surface area (Å²) in [7, 11) is -3.25. The Balaban J connectivity index is 1.53. The monoisotopic (exact) mass is 364 g/mol. The summed E-state index contributed by atoms with van der Waals surface area (Å²) in [5.41, 5.74) is 0.562. The molecular weight excluding hydrogens is 348 g/mol. The number of hydrogen-bond donors (Lipinski definition) is 0. The van der Waals surface area contributed by atoms with Gasteiger partial charge in [-0.25, -0.2) is 8.42 Å². The van der Waals surface area contributed by atoms with E-state index in [0.29, 0.717) is 0 Å². The van der Waals surface area contributed by atoms with Crippen LogP contribution in [-0.4, -0.2) is 79.3 Å². The largest absolute Gasteiger partial charge is 0.373 e. The lowest BCUT2D eigenvalue weighted by Crippen LogP contribution is -2.55. The minimum Gasteiger partial charge on any atom is -0.373 e. The van der Waals surface area contributed by atoms with Gasteiger partial charge in [-0.15, -0.1) is 0 Å². The molecule has 4 rings (SSSR count).